The van der Waals surface area contributed by atoms with Crippen LogP contribution in [0.25, 0.3) is 0 Å². The van der Waals surface area contributed by atoms with E-state index in [0.717, 1.165) is 13.0 Å². The Morgan fingerprint density at radius 3 is 2.15 bits per heavy atom. The molecular weight excluding hydrogens is 162 g/mol. The highest BCUT2D eigenvalue weighted by atomic mass is 16.4. The van der Waals surface area contributed by atoms with E-state index in [4.69, 9.17) is 0 Å². The molecule has 0 amide bonds. The molecule has 0 aliphatic carbocycles. The molecule has 0 fully saturated rings. The van der Waals surface area contributed by atoms with Crippen LogP contribution in [0, 0.1) is 0 Å². The molecule has 0 aliphatic rings. The smallest absolute Gasteiger partial charge is 0.0351 e. The summed E-state index contributed by atoms with van der Waals surface area (Å²) in [7, 11) is 5.23. The molecule has 1 aromatic carbocycles. The van der Waals surface area contributed by atoms with Crippen molar-refractivity contribution in [3.05, 3.63) is 35.9 Å². The van der Waals surface area contributed by atoms with Gasteiger partial charge in [-0.2, -0.15) is 0 Å². The van der Waals surface area contributed by atoms with Gasteiger partial charge in [0, 0.05) is 14.2 Å². The van der Waals surface area contributed by atoms with E-state index in [0.29, 0.717) is 0 Å². The van der Waals surface area contributed by atoms with Crippen molar-refractivity contribution in [2.75, 3.05) is 27.8 Å². The Balaban J connectivity index is 0.000000424. The van der Waals surface area contributed by atoms with Gasteiger partial charge < -0.3 is 10.1 Å². The van der Waals surface area contributed by atoms with Gasteiger partial charge in [-0.1, -0.05) is 30.3 Å². The summed E-state index contributed by atoms with van der Waals surface area (Å²) in [4.78, 5) is 0. The third-order valence-electron chi connectivity index (χ3n) is 1.51. The second-order valence-electron chi connectivity index (χ2n) is 2.75. The summed E-state index contributed by atoms with van der Waals surface area (Å²) in [6.07, 6.45) is 1.12. The average molecular weight is 181 g/mol. The maximum Gasteiger partial charge on any atom is 0.0351 e. The standard InChI is InChI=1S/C9H13N.C2H6O/c1-10-8-7-9-5-3-2-4-6-9;1-3-2/h2-6,10H,7-8H2,1H3;1-2H3. The first-order valence-corrected chi connectivity index (χ1v) is 4.43. The fourth-order valence-electron chi connectivity index (χ4n) is 0.914. The zero-order valence-corrected chi connectivity index (χ0v) is 8.71. The number of methoxy groups -OCH3 is 1. The molecule has 1 rings (SSSR count). The summed E-state index contributed by atoms with van der Waals surface area (Å²) in [5.74, 6) is 0. The molecule has 0 heterocycles. The second-order valence-corrected chi connectivity index (χ2v) is 2.75. The summed E-state index contributed by atoms with van der Waals surface area (Å²) in [5.41, 5.74) is 1.40. The van der Waals surface area contributed by atoms with Crippen LogP contribution in [-0.2, 0) is 11.2 Å². The van der Waals surface area contributed by atoms with Crippen molar-refractivity contribution in [3.63, 3.8) is 0 Å². The van der Waals surface area contributed by atoms with E-state index in [1.54, 1.807) is 14.2 Å². The van der Waals surface area contributed by atoms with Crippen LogP contribution in [0.2, 0.25) is 0 Å². The van der Waals surface area contributed by atoms with Crippen LogP contribution < -0.4 is 5.32 Å². The molecule has 13 heavy (non-hydrogen) atoms. The van der Waals surface area contributed by atoms with E-state index in [1.807, 2.05) is 13.1 Å². The number of likely N-dealkylation sites (N-methyl/N-ethyl adjacent to an activating group) is 1. The lowest BCUT2D eigenvalue weighted by Gasteiger charge is -1.97. The Kier molecular flexibility index (Phi) is 8.62. The van der Waals surface area contributed by atoms with E-state index in [1.165, 1.54) is 5.56 Å². The van der Waals surface area contributed by atoms with Gasteiger partial charge in [0.15, 0.2) is 0 Å². The molecule has 1 aromatic rings. The molecule has 0 aromatic heterocycles. The highest BCUT2D eigenvalue weighted by Crippen LogP contribution is 1.97. The minimum Gasteiger partial charge on any atom is -0.388 e. The molecule has 0 atom stereocenters. The number of benzene rings is 1. The van der Waals surface area contributed by atoms with E-state index in [9.17, 15) is 0 Å². The monoisotopic (exact) mass is 181 g/mol. The number of nitrogens with one attached hydrogen (secondary N) is 1. The molecule has 0 bridgehead atoms. The third kappa shape index (κ3) is 7.50. The number of hydrogen-bond donors (Lipinski definition) is 1. The first-order chi connectivity index (χ1) is 6.35. The van der Waals surface area contributed by atoms with Gasteiger partial charge >= 0.3 is 0 Å². The summed E-state index contributed by atoms with van der Waals surface area (Å²) in [6.45, 7) is 1.06. The van der Waals surface area contributed by atoms with Gasteiger partial charge in [0.1, 0.15) is 0 Å². The second kappa shape index (κ2) is 9.23. The molecule has 2 heteroatoms. The van der Waals surface area contributed by atoms with Gasteiger partial charge in [0.25, 0.3) is 0 Å². The fourth-order valence-corrected chi connectivity index (χ4v) is 0.914. The van der Waals surface area contributed by atoms with Gasteiger partial charge in [-0.15, -0.1) is 0 Å². The Bertz CT molecular complexity index is 187. The lowest BCUT2D eigenvalue weighted by Crippen LogP contribution is -2.09. The Hall–Kier alpha value is -0.860. The van der Waals surface area contributed by atoms with Crippen LogP contribution in [-0.4, -0.2) is 27.8 Å². The summed E-state index contributed by atoms with van der Waals surface area (Å²) >= 11 is 0. The topological polar surface area (TPSA) is 21.3 Å². The predicted octanol–water partition coefficient (Wildman–Crippen LogP) is 1.71. The van der Waals surface area contributed by atoms with E-state index in [2.05, 4.69) is 34.3 Å². The molecule has 74 valence electrons. The SMILES string of the molecule is CNCCc1ccccc1.COC. The summed E-state index contributed by atoms with van der Waals surface area (Å²) in [6, 6.07) is 10.5. The van der Waals surface area contributed by atoms with Gasteiger partial charge in [-0.3, -0.25) is 0 Å². The molecule has 0 aliphatic heterocycles. The minimum absolute atomic E-state index is 1.06. The number of ether oxygens (including phenoxy) is 1. The maximum atomic E-state index is 4.25. The van der Waals surface area contributed by atoms with Crippen molar-refractivity contribution in [3.8, 4) is 0 Å². The number of hydrogen-bond acceptors (Lipinski definition) is 2. The van der Waals surface area contributed by atoms with Crippen molar-refractivity contribution in [2.24, 2.45) is 0 Å². The van der Waals surface area contributed by atoms with Crippen molar-refractivity contribution in [2.45, 2.75) is 6.42 Å². The average Bonchev–Trinajstić information content (AvgIpc) is 2.18. The third-order valence-corrected chi connectivity index (χ3v) is 1.51. The van der Waals surface area contributed by atoms with Crippen molar-refractivity contribution >= 4 is 0 Å². The Labute approximate surface area is 80.9 Å². The first kappa shape index (κ1) is 12.1. The molecule has 0 spiro atoms. The summed E-state index contributed by atoms with van der Waals surface area (Å²) in [5, 5.41) is 3.12. The number of rotatable bonds is 3. The molecule has 0 radical (unpaired) electrons. The fraction of sp³-hybridized carbons (Fsp3) is 0.455. The normalized spacial score (nSPS) is 8.85. The van der Waals surface area contributed by atoms with E-state index >= 15 is 0 Å². The predicted molar refractivity (Wildman–Crippen MR) is 57.0 cm³/mol. The molecule has 2 nitrogen and oxygen atoms in total. The minimum atomic E-state index is 1.06. The highest BCUT2D eigenvalue weighted by molar-refractivity contribution is 5.14. The highest BCUT2D eigenvalue weighted by Gasteiger charge is 1.86. The molecular formula is C11H19NO. The Morgan fingerprint density at radius 1 is 1.15 bits per heavy atom. The lowest BCUT2D eigenvalue weighted by molar-refractivity contribution is 0.277. The van der Waals surface area contributed by atoms with Crippen LogP contribution >= 0.6 is 0 Å². The molecule has 0 unspecified atom stereocenters. The van der Waals surface area contributed by atoms with Crippen molar-refractivity contribution in [1.29, 1.82) is 0 Å². The van der Waals surface area contributed by atoms with E-state index < -0.39 is 0 Å². The Morgan fingerprint density at radius 2 is 1.69 bits per heavy atom. The summed E-state index contributed by atoms with van der Waals surface area (Å²) < 4.78 is 4.25. The van der Waals surface area contributed by atoms with Gasteiger partial charge in [0.2, 0.25) is 0 Å². The van der Waals surface area contributed by atoms with Crippen LogP contribution in [0.1, 0.15) is 5.56 Å². The quantitative estimate of drug-likeness (QED) is 0.766. The zero-order chi connectivity index (χ0) is 9.94. The zero-order valence-electron chi connectivity index (χ0n) is 8.71. The van der Waals surface area contributed by atoms with Crippen LogP contribution in [0.3, 0.4) is 0 Å². The van der Waals surface area contributed by atoms with Gasteiger partial charge in [-0.25, -0.2) is 0 Å². The lowest BCUT2D eigenvalue weighted by atomic mass is 10.2. The van der Waals surface area contributed by atoms with Crippen LogP contribution in [0.15, 0.2) is 30.3 Å². The maximum absolute atomic E-state index is 4.25. The molecule has 0 saturated carbocycles. The van der Waals surface area contributed by atoms with Crippen LogP contribution in [0.4, 0.5) is 0 Å². The van der Waals surface area contributed by atoms with Gasteiger partial charge in [-0.05, 0) is 25.6 Å². The largest absolute Gasteiger partial charge is 0.388 e. The van der Waals surface area contributed by atoms with Crippen LogP contribution in [0.5, 0.6) is 0 Å². The molecule has 1 N–H and O–H groups in total. The van der Waals surface area contributed by atoms with Crippen molar-refractivity contribution in [1.82, 2.24) is 5.32 Å². The van der Waals surface area contributed by atoms with E-state index in [-0.39, 0.29) is 0 Å². The van der Waals surface area contributed by atoms with Gasteiger partial charge in [0.05, 0.1) is 0 Å². The molecule has 0 saturated heterocycles. The first-order valence-electron chi connectivity index (χ1n) is 4.43. The van der Waals surface area contributed by atoms with Crippen molar-refractivity contribution < 1.29 is 4.74 Å².